The fraction of sp³-hybridized carbons (Fsp3) is 0.800. The van der Waals surface area contributed by atoms with Crippen LogP contribution >= 0.6 is 0 Å². The summed E-state index contributed by atoms with van der Waals surface area (Å²) in [6, 6.07) is 0. The van der Waals surface area contributed by atoms with Gasteiger partial charge in [0, 0.05) is 13.1 Å². The van der Waals surface area contributed by atoms with Crippen LogP contribution in [-0.4, -0.2) is 54.3 Å². The van der Waals surface area contributed by atoms with Crippen LogP contribution in [0.4, 0.5) is 0 Å². The number of carbonyl (C=O) groups is 2. The van der Waals surface area contributed by atoms with E-state index >= 15 is 0 Å². The Kier molecular flexibility index (Phi) is 4.08. The van der Waals surface area contributed by atoms with Gasteiger partial charge in [-0.1, -0.05) is 6.92 Å². The number of nitrogens with two attached hydrogens (primary N) is 1. The maximum Gasteiger partial charge on any atom is 0.242 e. The van der Waals surface area contributed by atoms with Crippen LogP contribution in [0.2, 0.25) is 0 Å². The molecule has 2 N–H and O–H groups in total. The van der Waals surface area contributed by atoms with E-state index in [-0.39, 0.29) is 30.8 Å². The lowest BCUT2D eigenvalue weighted by Gasteiger charge is -2.34. The summed E-state index contributed by atoms with van der Waals surface area (Å²) in [7, 11) is 0. The van der Waals surface area contributed by atoms with Crippen molar-refractivity contribution in [1.82, 2.24) is 9.80 Å². The molecule has 1 atom stereocenters. The Morgan fingerprint density at radius 3 is 2.33 bits per heavy atom. The smallest absolute Gasteiger partial charge is 0.242 e. The molecule has 0 spiro atoms. The van der Waals surface area contributed by atoms with Gasteiger partial charge in [-0.05, 0) is 19.4 Å². The Hall–Kier alpha value is -1.10. The van der Waals surface area contributed by atoms with Crippen LogP contribution in [0.15, 0.2) is 0 Å². The summed E-state index contributed by atoms with van der Waals surface area (Å²) in [5, 5.41) is 0. The van der Waals surface area contributed by atoms with Gasteiger partial charge < -0.3 is 15.5 Å². The Bertz CT molecular complexity index is 255. The molecular formula is C10H19N3O2. The molecule has 1 fully saturated rings. The fourth-order valence-electron chi connectivity index (χ4n) is 1.61. The van der Waals surface area contributed by atoms with E-state index in [1.165, 1.54) is 0 Å². The second kappa shape index (κ2) is 5.11. The number of piperazine rings is 1. The van der Waals surface area contributed by atoms with Crippen molar-refractivity contribution in [3.05, 3.63) is 0 Å². The average Bonchev–Trinajstić information content (AvgIpc) is 2.22. The third-order valence-corrected chi connectivity index (χ3v) is 2.67. The summed E-state index contributed by atoms with van der Waals surface area (Å²) < 4.78 is 0. The van der Waals surface area contributed by atoms with E-state index in [0.29, 0.717) is 19.6 Å². The topological polar surface area (TPSA) is 66.6 Å². The van der Waals surface area contributed by atoms with Gasteiger partial charge in [0.15, 0.2) is 0 Å². The van der Waals surface area contributed by atoms with Crippen molar-refractivity contribution in [1.29, 1.82) is 0 Å². The maximum absolute atomic E-state index is 11.7. The highest BCUT2D eigenvalue weighted by Crippen LogP contribution is 2.07. The van der Waals surface area contributed by atoms with Crippen LogP contribution in [0.3, 0.4) is 0 Å². The Morgan fingerprint density at radius 1 is 1.27 bits per heavy atom. The molecule has 0 aromatic rings. The minimum atomic E-state index is 0.0248. The van der Waals surface area contributed by atoms with Gasteiger partial charge in [0.05, 0.1) is 13.1 Å². The van der Waals surface area contributed by atoms with Crippen molar-refractivity contribution in [2.24, 2.45) is 11.7 Å². The van der Waals surface area contributed by atoms with Gasteiger partial charge in [-0.2, -0.15) is 0 Å². The first-order valence-corrected chi connectivity index (χ1v) is 5.34. The number of rotatable bonds is 4. The minimum absolute atomic E-state index is 0.0248. The summed E-state index contributed by atoms with van der Waals surface area (Å²) in [5.41, 5.74) is 5.49. The fourth-order valence-corrected chi connectivity index (χ4v) is 1.61. The molecule has 15 heavy (non-hydrogen) atoms. The van der Waals surface area contributed by atoms with E-state index in [0.717, 1.165) is 0 Å². The zero-order valence-corrected chi connectivity index (χ0v) is 9.40. The monoisotopic (exact) mass is 213 g/mol. The normalized spacial score (nSPS) is 19.7. The summed E-state index contributed by atoms with van der Waals surface area (Å²) in [6.07, 6.45) is 0. The van der Waals surface area contributed by atoms with Crippen LogP contribution in [0.1, 0.15) is 13.8 Å². The second-order valence-corrected chi connectivity index (χ2v) is 4.02. The van der Waals surface area contributed by atoms with E-state index in [1.54, 1.807) is 9.80 Å². The molecule has 86 valence electrons. The lowest BCUT2D eigenvalue weighted by Crippen LogP contribution is -2.54. The average molecular weight is 213 g/mol. The standard InChI is InChI=1S/C10H19N3O2/c1-3-12-6-10(15)13(7-9(12)14)5-8(2)4-11/h8H,3-7,11H2,1-2H3. The molecule has 0 radical (unpaired) electrons. The van der Waals surface area contributed by atoms with Gasteiger partial charge in [-0.15, -0.1) is 0 Å². The van der Waals surface area contributed by atoms with Gasteiger partial charge in [0.25, 0.3) is 0 Å². The first kappa shape index (κ1) is 12.0. The molecule has 0 aromatic heterocycles. The molecule has 1 heterocycles. The van der Waals surface area contributed by atoms with Gasteiger partial charge in [-0.25, -0.2) is 0 Å². The highest BCUT2D eigenvalue weighted by atomic mass is 16.2. The van der Waals surface area contributed by atoms with E-state index < -0.39 is 0 Å². The molecule has 1 aliphatic heterocycles. The van der Waals surface area contributed by atoms with Crippen LogP contribution in [0, 0.1) is 5.92 Å². The molecule has 5 nitrogen and oxygen atoms in total. The number of hydrogen-bond donors (Lipinski definition) is 1. The van der Waals surface area contributed by atoms with Gasteiger partial charge in [0.1, 0.15) is 0 Å². The minimum Gasteiger partial charge on any atom is -0.332 e. The number of likely N-dealkylation sites (N-methyl/N-ethyl adjacent to an activating group) is 1. The Balaban J connectivity index is 2.55. The Labute approximate surface area is 90.2 Å². The zero-order valence-electron chi connectivity index (χ0n) is 9.40. The van der Waals surface area contributed by atoms with Crippen LogP contribution in [-0.2, 0) is 9.59 Å². The molecule has 1 unspecified atom stereocenters. The predicted molar refractivity (Wildman–Crippen MR) is 57.1 cm³/mol. The first-order valence-electron chi connectivity index (χ1n) is 5.34. The maximum atomic E-state index is 11.7. The summed E-state index contributed by atoms with van der Waals surface area (Å²) >= 11 is 0. The third kappa shape index (κ3) is 2.92. The molecule has 0 bridgehead atoms. The Morgan fingerprint density at radius 2 is 1.80 bits per heavy atom. The molecule has 2 amide bonds. The zero-order chi connectivity index (χ0) is 11.4. The number of nitrogens with zero attached hydrogens (tertiary/aromatic N) is 2. The molecule has 1 rings (SSSR count). The molecule has 0 saturated carbocycles. The molecule has 0 aliphatic carbocycles. The van der Waals surface area contributed by atoms with Crippen molar-refractivity contribution in [2.45, 2.75) is 13.8 Å². The summed E-state index contributed by atoms with van der Waals surface area (Å²) in [4.78, 5) is 26.4. The van der Waals surface area contributed by atoms with E-state index in [1.807, 2.05) is 13.8 Å². The van der Waals surface area contributed by atoms with Crippen LogP contribution in [0.5, 0.6) is 0 Å². The van der Waals surface area contributed by atoms with Crippen molar-refractivity contribution in [3.63, 3.8) is 0 Å². The predicted octanol–water partition coefficient (Wildman–Crippen LogP) is -0.728. The van der Waals surface area contributed by atoms with E-state index in [9.17, 15) is 9.59 Å². The van der Waals surface area contributed by atoms with Crippen molar-refractivity contribution < 1.29 is 9.59 Å². The third-order valence-electron chi connectivity index (χ3n) is 2.67. The molecule has 0 aromatic carbocycles. The second-order valence-electron chi connectivity index (χ2n) is 4.02. The van der Waals surface area contributed by atoms with Gasteiger partial charge in [-0.3, -0.25) is 9.59 Å². The van der Waals surface area contributed by atoms with Crippen molar-refractivity contribution in [2.75, 3.05) is 32.7 Å². The summed E-state index contributed by atoms with van der Waals surface area (Å²) in [6.45, 7) is 6.00. The van der Waals surface area contributed by atoms with Crippen molar-refractivity contribution >= 4 is 11.8 Å². The highest BCUT2D eigenvalue weighted by molar-refractivity contribution is 5.92. The van der Waals surface area contributed by atoms with E-state index in [2.05, 4.69) is 0 Å². The molecule has 1 saturated heterocycles. The highest BCUT2D eigenvalue weighted by Gasteiger charge is 2.29. The quantitative estimate of drug-likeness (QED) is 0.669. The van der Waals surface area contributed by atoms with Gasteiger partial charge in [0.2, 0.25) is 11.8 Å². The number of hydrogen-bond acceptors (Lipinski definition) is 3. The largest absolute Gasteiger partial charge is 0.332 e. The van der Waals surface area contributed by atoms with E-state index in [4.69, 9.17) is 5.73 Å². The first-order chi connectivity index (χ1) is 7.08. The van der Waals surface area contributed by atoms with Crippen molar-refractivity contribution in [3.8, 4) is 0 Å². The molecular weight excluding hydrogens is 194 g/mol. The molecule has 1 aliphatic rings. The lowest BCUT2D eigenvalue weighted by atomic mass is 10.1. The van der Waals surface area contributed by atoms with Crippen LogP contribution < -0.4 is 5.73 Å². The number of carbonyl (C=O) groups excluding carboxylic acids is 2. The lowest BCUT2D eigenvalue weighted by molar-refractivity contribution is -0.150. The SMILES string of the molecule is CCN1CC(=O)N(CC(C)CN)CC1=O. The van der Waals surface area contributed by atoms with Gasteiger partial charge >= 0.3 is 0 Å². The number of amides is 2. The summed E-state index contributed by atoms with van der Waals surface area (Å²) in [5.74, 6) is 0.299. The van der Waals surface area contributed by atoms with Crippen LogP contribution in [0.25, 0.3) is 0 Å². The molecule has 5 heteroatoms.